The third kappa shape index (κ3) is 9.19. The molecule has 16 nitrogen and oxygen atoms in total. The molecular formula is C50H43N9O7. The number of methoxy groups -OCH3 is 3. The van der Waals surface area contributed by atoms with Crippen LogP contribution >= 0.6 is 0 Å². The molecule has 0 fully saturated rings. The first-order valence-corrected chi connectivity index (χ1v) is 20.4. The Morgan fingerprint density at radius 2 is 1.17 bits per heavy atom. The summed E-state index contributed by atoms with van der Waals surface area (Å²) >= 11 is 0. The molecule has 8 aromatic rings. The Morgan fingerprint density at radius 3 is 1.80 bits per heavy atom. The van der Waals surface area contributed by atoms with Crippen LogP contribution in [0.5, 0.6) is 17.2 Å². The Hall–Kier alpha value is -9.05. The van der Waals surface area contributed by atoms with E-state index < -0.39 is 5.91 Å². The van der Waals surface area contributed by atoms with Gasteiger partial charge in [0.05, 0.1) is 49.6 Å². The summed E-state index contributed by atoms with van der Waals surface area (Å²) in [5, 5.41) is 13.4. The summed E-state index contributed by atoms with van der Waals surface area (Å²) < 4.78 is 19.4. The number of fused-ring (bicyclic) bond motifs is 2. The number of anilines is 6. The number of carbonyl (C=O) groups excluding carboxylic acids is 2. The minimum absolute atomic E-state index is 0.216. The van der Waals surface area contributed by atoms with E-state index in [9.17, 15) is 19.2 Å². The van der Waals surface area contributed by atoms with Gasteiger partial charge in [0.2, 0.25) is 17.8 Å². The van der Waals surface area contributed by atoms with Gasteiger partial charge in [0.25, 0.3) is 11.1 Å². The van der Waals surface area contributed by atoms with E-state index >= 15 is 0 Å². The Labute approximate surface area is 377 Å². The van der Waals surface area contributed by atoms with Crippen LogP contribution in [0.4, 0.5) is 34.5 Å². The van der Waals surface area contributed by atoms with Gasteiger partial charge in [-0.2, -0.15) is 4.98 Å². The van der Waals surface area contributed by atoms with E-state index in [-0.39, 0.29) is 23.0 Å². The second-order valence-electron chi connectivity index (χ2n) is 14.9. The molecule has 16 heteroatoms. The number of rotatable bonds is 14. The highest BCUT2D eigenvalue weighted by Gasteiger charge is 2.16. The number of hydrogen-bond acceptors (Lipinski definition) is 12. The molecule has 2 amide bonds. The predicted octanol–water partition coefficient (Wildman–Crippen LogP) is 8.20. The monoisotopic (exact) mass is 881 g/mol. The SMILES string of the molecule is C=CC(=O)Nc1ccccc1Nc1ncc2cc(-c3cc(/C=C\C(=O)Nc4ccccc4Nc4cc5c(cn4)cc(-c4cc(OC)cc(OC)c4)c(=O)n5C)cc(OC)c3)c(=O)n(C)c2n1. The van der Waals surface area contributed by atoms with Crippen LogP contribution in [0, 0.1) is 0 Å². The van der Waals surface area contributed by atoms with Crippen LogP contribution in [-0.2, 0) is 23.7 Å². The lowest BCUT2D eigenvalue weighted by molar-refractivity contribution is -0.112. The summed E-state index contributed by atoms with van der Waals surface area (Å²) in [6.07, 6.45) is 7.47. The first-order valence-electron chi connectivity index (χ1n) is 20.4. The first-order chi connectivity index (χ1) is 31.9. The predicted molar refractivity (Wildman–Crippen MR) is 258 cm³/mol. The van der Waals surface area contributed by atoms with Crippen molar-refractivity contribution in [3.63, 3.8) is 0 Å². The molecule has 4 N–H and O–H groups in total. The van der Waals surface area contributed by atoms with Gasteiger partial charge in [-0.25, -0.2) is 9.97 Å². The molecular weight excluding hydrogens is 839 g/mol. The van der Waals surface area contributed by atoms with E-state index in [4.69, 9.17) is 14.2 Å². The fraction of sp³-hybridized carbons (Fsp3) is 0.100. The van der Waals surface area contributed by atoms with Crippen molar-refractivity contribution in [2.75, 3.05) is 42.6 Å². The minimum Gasteiger partial charge on any atom is -0.497 e. The topological polar surface area (TPSA) is 193 Å². The van der Waals surface area contributed by atoms with Gasteiger partial charge >= 0.3 is 0 Å². The summed E-state index contributed by atoms with van der Waals surface area (Å²) in [6, 6.07) is 30.1. The molecule has 0 radical (unpaired) electrons. The molecule has 4 aromatic carbocycles. The number of pyridine rings is 3. The Balaban J connectivity index is 1.01. The van der Waals surface area contributed by atoms with Gasteiger partial charge in [0.15, 0.2) is 0 Å². The van der Waals surface area contributed by atoms with Crippen molar-refractivity contribution < 1.29 is 23.8 Å². The number of aryl methyl sites for hydroxylation is 2. The second-order valence-corrected chi connectivity index (χ2v) is 14.9. The van der Waals surface area contributed by atoms with Crippen molar-refractivity contribution in [3.05, 3.63) is 161 Å². The summed E-state index contributed by atoms with van der Waals surface area (Å²) in [4.78, 5) is 66.6. The molecule has 8 rings (SSSR count). The van der Waals surface area contributed by atoms with E-state index in [1.807, 2.05) is 6.07 Å². The van der Waals surface area contributed by atoms with Gasteiger partial charge in [-0.3, -0.25) is 23.7 Å². The van der Waals surface area contributed by atoms with Gasteiger partial charge < -0.3 is 40.0 Å². The number of aromatic nitrogens is 5. The van der Waals surface area contributed by atoms with Crippen LogP contribution in [0.2, 0.25) is 0 Å². The van der Waals surface area contributed by atoms with Crippen molar-refractivity contribution in [2.24, 2.45) is 14.1 Å². The van der Waals surface area contributed by atoms with Crippen LogP contribution < -0.4 is 46.6 Å². The lowest BCUT2D eigenvalue weighted by atomic mass is 10.0. The Morgan fingerprint density at radius 1 is 0.621 bits per heavy atom. The number of hydrogen-bond donors (Lipinski definition) is 4. The summed E-state index contributed by atoms with van der Waals surface area (Å²) in [5.41, 5.74) is 5.24. The highest BCUT2D eigenvalue weighted by Crippen LogP contribution is 2.32. The molecule has 4 aromatic heterocycles. The Bertz CT molecular complexity index is 3360. The van der Waals surface area contributed by atoms with Crippen molar-refractivity contribution in [1.82, 2.24) is 24.1 Å². The van der Waals surface area contributed by atoms with Crippen LogP contribution in [0.15, 0.2) is 144 Å². The van der Waals surface area contributed by atoms with Gasteiger partial charge in [-0.15, -0.1) is 0 Å². The lowest BCUT2D eigenvalue weighted by Crippen LogP contribution is -2.20. The Kier molecular flexibility index (Phi) is 12.4. The third-order valence-electron chi connectivity index (χ3n) is 10.7. The molecule has 4 heterocycles. The normalized spacial score (nSPS) is 11.0. The zero-order chi connectivity index (χ0) is 46.5. The number of benzene rings is 4. The number of carbonyl (C=O) groups is 2. The zero-order valence-electron chi connectivity index (χ0n) is 36.5. The molecule has 0 aliphatic rings. The second kappa shape index (κ2) is 18.7. The number of nitrogens with zero attached hydrogens (tertiary/aromatic N) is 5. The maximum atomic E-state index is 13.9. The fourth-order valence-electron chi connectivity index (χ4n) is 7.30. The quantitative estimate of drug-likeness (QED) is 0.0767. The highest BCUT2D eigenvalue weighted by atomic mass is 16.5. The number of ether oxygens (including phenoxy) is 3. The molecule has 0 unspecified atom stereocenters. The van der Waals surface area contributed by atoms with Crippen molar-refractivity contribution in [2.45, 2.75) is 0 Å². The van der Waals surface area contributed by atoms with Gasteiger partial charge in [0.1, 0.15) is 28.7 Å². The lowest BCUT2D eigenvalue weighted by Gasteiger charge is -2.14. The highest BCUT2D eigenvalue weighted by molar-refractivity contribution is 6.04. The van der Waals surface area contributed by atoms with E-state index in [2.05, 4.69) is 42.8 Å². The largest absolute Gasteiger partial charge is 0.497 e. The zero-order valence-corrected chi connectivity index (χ0v) is 36.5. The fourth-order valence-corrected chi connectivity index (χ4v) is 7.30. The van der Waals surface area contributed by atoms with E-state index in [0.29, 0.717) is 90.2 Å². The van der Waals surface area contributed by atoms with Crippen molar-refractivity contribution in [3.8, 4) is 39.5 Å². The van der Waals surface area contributed by atoms with Crippen LogP contribution in [0.1, 0.15) is 5.56 Å². The van der Waals surface area contributed by atoms with Gasteiger partial charge in [-0.05, 0) is 95.6 Å². The summed E-state index contributed by atoms with van der Waals surface area (Å²) in [6.45, 7) is 3.50. The van der Waals surface area contributed by atoms with Crippen LogP contribution in [0.3, 0.4) is 0 Å². The standard InChI is InChI=1S/C50H43N9O7/c1-7-45(60)54-41-14-10-11-15-42(41)56-50-52-28-33-24-38(49(63)59(3)47(33)57-50)30-18-29(19-34(20-30)64-4)16-17-46(61)55-40-13-9-8-12-39(40)53-44-26-43-32(27-51-44)23-37(48(62)58(43)2)31-21-35(65-5)25-36(22-31)66-6/h7-28H,1H2,2-6H3,(H,51,53)(H,54,60)(H,55,61)(H,52,56,57)/b17-16-. The summed E-state index contributed by atoms with van der Waals surface area (Å²) in [7, 11) is 7.95. The molecule has 330 valence electrons. The van der Waals surface area contributed by atoms with E-state index in [1.165, 1.54) is 23.8 Å². The number of para-hydroxylation sites is 4. The minimum atomic E-state index is -0.418. The molecule has 0 aliphatic heterocycles. The summed E-state index contributed by atoms with van der Waals surface area (Å²) in [5.74, 6) is 1.48. The molecule has 0 atom stereocenters. The maximum absolute atomic E-state index is 13.9. The van der Waals surface area contributed by atoms with Crippen molar-refractivity contribution >= 4 is 74.3 Å². The average Bonchev–Trinajstić information content (AvgIpc) is 3.34. The van der Waals surface area contributed by atoms with Crippen LogP contribution in [0.25, 0.3) is 50.3 Å². The smallest absolute Gasteiger partial charge is 0.259 e. The first kappa shape index (κ1) is 43.6. The third-order valence-corrected chi connectivity index (χ3v) is 10.7. The molecule has 0 bridgehead atoms. The van der Waals surface area contributed by atoms with Gasteiger partial charge in [0, 0.05) is 66.6 Å². The van der Waals surface area contributed by atoms with Crippen LogP contribution in [-0.4, -0.2) is 57.2 Å². The molecule has 0 spiro atoms. The molecule has 66 heavy (non-hydrogen) atoms. The maximum Gasteiger partial charge on any atom is 0.259 e. The van der Waals surface area contributed by atoms with E-state index in [0.717, 1.165) is 5.39 Å². The molecule has 0 saturated carbocycles. The number of nitrogens with one attached hydrogen (secondary N) is 4. The molecule has 0 saturated heterocycles. The van der Waals surface area contributed by atoms with Crippen molar-refractivity contribution in [1.29, 1.82) is 0 Å². The van der Waals surface area contributed by atoms with E-state index in [1.54, 1.807) is 148 Å². The average molecular weight is 882 g/mol. The van der Waals surface area contributed by atoms with Gasteiger partial charge in [-0.1, -0.05) is 30.8 Å². The number of amides is 2. The molecule has 0 aliphatic carbocycles.